The SMILES string of the molecule is CC(C)(C)c1ccccc1OCCNC(=O)C1CCCNC1. The third-order valence-corrected chi connectivity index (χ3v) is 4.02. The van der Waals surface area contributed by atoms with E-state index in [-0.39, 0.29) is 17.2 Å². The van der Waals surface area contributed by atoms with Gasteiger partial charge in [0.05, 0.1) is 12.5 Å². The van der Waals surface area contributed by atoms with E-state index < -0.39 is 0 Å². The number of hydrogen-bond donors (Lipinski definition) is 2. The molecule has 0 aliphatic carbocycles. The minimum Gasteiger partial charge on any atom is -0.491 e. The van der Waals surface area contributed by atoms with E-state index in [1.54, 1.807) is 0 Å². The van der Waals surface area contributed by atoms with Crippen LogP contribution >= 0.6 is 0 Å². The molecule has 1 saturated heterocycles. The van der Waals surface area contributed by atoms with Crippen LogP contribution in [-0.2, 0) is 10.2 Å². The van der Waals surface area contributed by atoms with Crippen molar-refractivity contribution in [2.75, 3.05) is 26.2 Å². The maximum absolute atomic E-state index is 12.0. The van der Waals surface area contributed by atoms with Gasteiger partial charge < -0.3 is 15.4 Å². The molecule has 0 radical (unpaired) electrons. The van der Waals surface area contributed by atoms with Gasteiger partial charge >= 0.3 is 0 Å². The van der Waals surface area contributed by atoms with Crippen molar-refractivity contribution >= 4 is 5.91 Å². The van der Waals surface area contributed by atoms with E-state index in [0.717, 1.165) is 31.7 Å². The molecule has 1 amide bonds. The highest BCUT2D eigenvalue weighted by molar-refractivity contribution is 5.78. The van der Waals surface area contributed by atoms with Gasteiger partial charge in [0.2, 0.25) is 5.91 Å². The first kappa shape index (κ1) is 16.8. The Kier molecular flexibility index (Phi) is 5.83. The van der Waals surface area contributed by atoms with E-state index in [4.69, 9.17) is 4.74 Å². The Hall–Kier alpha value is -1.55. The third kappa shape index (κ3) is 4.73. The van der Waals surface area contributed by atoms with Gasteiger partial charge in [-0.25, -0.2) is 0 Å². The molecule has 2 rings (SSSR count). The van der Waals surface area contributed by atoms with Gasteiger partial charge in [-0.3, -0.25) is 4.79 Å². The van der Waals surface area contributed by atoms with E-state index in [1.807, 2.05) is 18.2 Å². The quantitative estimate of drug-likeness (QED) is 0.822. The van der Waals surface area contributed by atoms with Gasteiger partial charge in [0.25, 0.3) is 0 Å². The Morgan fingerprint density at radius 3 is 2.82 bits per heavy atom. The van der Waals surface area contributed by atoms with E-state index in [9.17, 15) is 4.79 Å². The number of rotatable bonds is 5. The van der Waals surface area contributed by atoms with Gasteiger partial charge in [-0.15, -0.1) is 0 Å². The van der Waals surface area contributed by atoms with Crippen molar-refractivity contribution in [2.24, 2.45) is 5.92 Å². The molecule has 0 bridgehead atoms. The highest BCUT2D eigenvalue weighted by atomic mass is 16.5. The number of amides is 1. The van der Waals surface area contributed by atoms with E-state index >= 15 is 0 Å². The summed E-state index contributed by atoms with van der Waals surface area (Å²) >= 11 is 0. The van der Waals surface area contributed by atoms with Crippen LogP contribution in [-0.4, -0.2) is 32.1 Å². The molecule has 1 aromatic rings. The van der Waals surface area contributed by atoms with Crippen molar-refractivity contribution in [1.82, 2.24) is 10.6 Å². The topological polar surface area (TPSA) is 50.4 Å². The average Bonchev–Trinajstić information content (AvgIpc) is 2.51. The minimum absolute atomic E-state index is 0.0492. The van der Waals surface area contributed by atoms with Crippen LogP contribution in [0, 0.1) is 5.92 Å². The Balaban J connectivity index is 1.78. The average molecular weight is 304 g/mol. The Morgan fingerprint density at radius 1 is 1.36 bits per heavy atom. The van der Waals surface area contributed by atoms with Gasteiger partial charge in [-0.1, -0.05) is 39.0 Å². The molecule has 0 saturated carbocycles. The van der Waals surface area contributed by atoms with Crippen molar-refractivity contribution in [2.45, 2.75) is 39.0 Å². The number of para-hydroxylation sites is 1. The highest BCUT2D eigenvalue weighted by Crippen LogP contribution is 2.30. The van der Waals surface area contributed by atoms with E-state index in [0.29, 0.717) is 13.2 Å². The lowest BCUT2D eigenvalue weighted by atomic mass is 9.86. The lowest BCUT2D eigenvalue weighted by Crippen LogP contribution is -2.41. The predicted octanol–water partition coefficient (Wildman–Crippen LogP) is 2.48. The second-order valence-corrected chi connectivity index (χ2v) is 6.93. The summed E-state index contributed by atoms with van der Waals surface area (Å²) in [6, 6.07) is 8.11. The number of piperidine rings is 1. The molecule has 1 aliphatic heterocycles. The van der Waals surface area contributed by atoms with Crippen molar-refractivity contribution in [3.63, 3.8) is 0 Å². The smallest absolute Gasteiger partial charge is 0.224 e. The maximum atomic E-state index is 12.0. The summed E-state index contributed by atoms with van der Waals surface area (Å²) in [6.45, 7) is 9.38. The van der Waals surface area contributed by atoms with Crippen LogP contribution in [0.2, 0.25) is 0 Å². The van der Waals surface area contributed by atoms with Crippen molar-refractivity contribution in [3.05, 3.63) is 29.8 Å². The number of nitrogens with one attached hydrogen (secondary N) is 2. The maximum Gasteiger partial charge on any atom is 0.224 e. The van der Waals surface area contributed by atoms with Gasteiger partial charge in [-0.05, 0) is 36.4 Å². The van der Waals surface area contributed by atoms with Gasteiger partial charge in [0.15, 0.2) is 0 Å². The number of carbonyl (C=O) groups excluding carboxylic acids is 1. The molecule has 122 valence electrons. The lowest BCUT2D eigenvalue weighted by molar-refractivity contribution is -0.125. The minimum atomic E-state index is 0.0492. The number of ether oxygens (including phenoxy) is 1. The molecule has 1 aromatic carbocycles. The first-order valence-electron chi connectivity index (χ1n) is 8.19. The largest absolute Gasteiger partial charge is 0.491 e. The van der Waals surface area contributed by atoms with Crippen LogP contribution < -0.4 is 15.4 Å². The van der Waals surface area contributed by atoms with Crippen molar-refractivity contribution < 1.29 is 9.53 Å². The Labute approximate surface area is 133 Å². The van der Waals surface area contributed by atoms with Crippen LogP contribution in [0.15, 0.2) is 24.3 Å². The summed E-state index contributed by atoms with van der Waals surface area (Å²) in [6.07, 6.45) is 2.06. The molecule has 1 atom stereocenters. The first-order chi connectivity index (χ1) is 10.5. The van der Waals surface area contributed by atoms with E-state index in [1.165, 1.54) is 5.56 Å². The summed E-state index contributed by atoms with van der Waals surface area (Å²) in [5.74, 6) is 1.15. The monoisotopic (exact) mass is 304 g/mol. The second-order valence-electron chi connectivity index (χ2n) is 6.93. The molecular weight excluding hydrogens is 276 g/mol. The summed E-state index contributed by atoms with van der Waals surface area (Å²) in [7, 11) is 0. The van der Waals surface area contributed by atoms with Crippen LogP contribution in [0.1, 0.15) is 39.2 Å². The lowest BCUT2D eigenvalue weighted by Gasteiger charge is -2.23. The summed E-state index contributed by atoms with van der Waals surface area (Å²) in [5, 5.41) is 6.24. The number of carbonyl (C=O) groups is 1. The van der Waals surface area contributed by atoms with Gasteiger partial charge in [0, 0.05) is 6.54 Å². The molecule has 4 heteroatoms. The first-order valence-corrected chi connectivity index (χ1v) is 8.19. The van der Waals surface area contributed by atoms with Gasteiger partial charge in [0.1, 0.15) is 12.4 Å². The summed E-state index contributed by atoms with van der Waals surface area (Å²) in [4.78, 5) is 12.0. The molecule has 0 spiro atoms. The Morgan fingerprint density at radius 2 is 2.14 bits per heavy atom. The normalized spacial score (nSPS) is 18.8. The van der Waals surface area contributed by atoms with Crippen LogP contribution in [0.25, 0.3) is 0 Å². The van der Waals surface area contributed by atoms with Crippen LogP contribution in [0.3, 0.4) is 0 Å². The van der Waals surface area contributed by atoms with Crippen LogP contribution in [0.5, 0.6) is 5.75 Å². The number of hydrogen-bond acceptors (Lipinski definition) is 3. The fourth-order valence-electron chi connectivity index (χ4n) is 2.77. The predicted molar refractivity (Wildman–Crippen MR) is 89.2 cm³/mol. The Bertz CT molecular complexity index is 488. The molecular formula is C18H28N2O2. The number of benzene rings is 1. The zero-order chi connectivity index (χ0) is 16.0. The molecule has 1 fully saturated rings. The molecule has 22 heavy (non-hydrogen) atoms. The third-order valence-electron chi connectivity index (χ3n) is 4.02. The van der Waals surface area contributed by atoms with E-state index in [2.05, 4.69) is 37.5 Å². The van der Waals surface area contributed by atoms with Crippen LogP contribution in [0.4, 0.5) is 0 Å². The fraction of sp³-hybridized carbons (Fsp3) is 0.611. The standard InChI is InChI=1S/C18H28N2O2/c1-18(2,3)15-8-4-5-9-16(15)22-12-11-20-17(21)14-7-6-10-19-13-14/h4-5,8-9,14,19H,6-7,10-13H2,1-3H3,(H,20,21). The zero-order valence-electron chi connectivity index (χ0n) is 13.9. The molecule has 2 N–H and O–H groups in total. The molecule has 1 unspecified atom stereocenters. The molecule has 1 heterocycles. The van der Waals surface area contributed by atoms with Crippen molar-refractivity contribution in [1.29, 1.82) is 0 Å². The highest BCUT2D eigenvalue weighted by Gasteiger charge is 2.21. The summed E-state index contributed by atoms with van der Waals surface area (Å²) in [5.41, 5.74) is 1.24. The zero-order valence-corrected chi connectivity index (χ0v) is 13.9. The summed E-state index contributed by atoms with van der Waals surface area (Å²) < 4.78 is 5.87. The van der Waals surface area contributed by atoms with Gasteiger partial charge in [-0.2, -0.15) is 0 Å². The molecule has 1 aliphatic rings. The fourth-order valence-corrected chi connectivity index (χ4v) is 2.77. The molecule has 0 aromatic heterocycles. The molecule has 4 nitrogen and oxygen atoms in total. The van der Waals surface area contributed by atoms with Crippen molar-refractivity contribution in [3.8, 4) is 5.75 Å². The second kappa shape index (κ2) is 7.63.